The first kappa shape index (κ1) is 16.8. The van der Waals surface area contributed by atoms with E-state index in [-0.39, 0.29) is 12.6 Å². The van der Waals surface area contributed by atoms with Gasteiger partial charge in [-0.15, -0.1) is 0 Å². The first-order chi connectivity index (χ1) is 11.6. The number of anilines is 1. The number of hydrogen-bond donors (Lipinski definition) is 3. The van der Waals surface area contributed by atoms with Crippen molar-refractivity contribution in [3.8, 4) is 5.75 Å². The Balaban J connectivity index is 2.03. The Hall–Kier alpha value is -2.06. The molecule has 0 saturated carbocycles. The van der Waals surface area contributed by atoms with E-state index in [4.69, 9.17) is 9.84 Å². The molecule has 2 amide bonds. The number of carbonyl (C=O) groups is 1. The summed E-state index contributed by atoms with van der Waals surface area (Å²) < 4.78 is 6.30. The van der Waals surface area contributed by atoms with Gasteiger partial charge in [0.1, 0.15) is 11.6 Å². The molecule has 0 bridgehead atoms. The third-order valence-corrected chi connectivity index (χ3v) is 4.57. The lowest BCUT2D eigenvalue weighted by Crippen LogP contribution is -2.48. The summed E-state index contributed by atoms with van der Waals surface area (Å²) in [5.41, 5.74) is 0.125. The van der Waals surface area contributed by atoms with Crippen molar-refractivity contribution >= 4 is 33.9 Å². The summed E-state index contributed by atoms with van der Waals surface area (Å²) in [5, 5.41) is 14.9. The fourth-order valence-electron chi connectivity index (χ4n) is 2.99. The Morgan fingerprint density at radius 3 is 3.12 bits per heavy atom. The highest BCUT2D eigenvalue weighted by Crippen LogP contribution is 2.40. The van der Waals surface area contributed by atoms with E-state index in [0.29, 0.717) is 36.8 Å². The van der Waals surface area contributed by atoms with Gasteiger partial charge < -0.3 is 20.5 Å². The van der Waals surface area contributed by atoms with E-state index in [1.807, 2.05) is 24.3 Å². The molecular weight excluding hydrogens is 376 g/mol. The largest absolute Gasteiger partial charge is 0.495 e. The van der Waals surface area contributed by atoms with Crippen LogP contribution >= 0.6 is 15.9 Å². The van der Waals surface area contributed by atoms with Gasteiger partial charge in [-0.3, -0.25) is 4.90 Å². The van der Waals surface area contributed by atoms with Gasteiger partial charge in [-0.2, -0.15) is 0 Å². The number of carbonyl (C=O) groups excluding carboxylic acids is 1. The van der Waals surface area contributed by atoms with Crippen LogP contribution < -0.4 is 20.3 Å². The fraction of sp³-hybridized carbons (Fsp3) is 0.375. The van der Waals surface area contributed by atoms with Gasteiger partial charge in [0.2, 0.25) is 0 Å². The Morgan fingerprint density at radius 2 is 2.38 bits per heavy atom. The molecule has 1 fully saturated rings. The number of urea groups is 1. The third kappa shape index (κ3) is 2.99. The molecule has 2 aliphatic heterocycles. The van der Waals surface area contributed by atoms with E-state index >= 15 is 0 Å². The number of nitrogens with one attached hydrogen (secondary N) is 2. The van der Waals surface area contributed by atoms with Crippen molar-refractivity contribution in [2.45, 2.75) is 12.0 Å². The van der Waals surface area contributed by atoms with Crippen LogP contribution in [0.5, 0.6) is 5.75 Å². The number of methoxy groups -OCH3 is 1. The van der Waals surface area contributed by atoms with Crippen LogP contribution in [0.2, 0.25) is 0 Å². The highest BCUT2D eigenvalue weighted by atomic mass is 79.9. The summed E-state index contributed by atoms with van der Waals surface area (Å²) in [4.78, 5) is 18.6. The maximum absolute atomic E-state index is 12.6. The summed E-state index contributed by atoms with van der Waals surface area (Å²) in [6, 6.07) is 5.38. The zero-order valence-corrected chi connectivity index (χ0v) is 14.8. The van der Waals surface area contributed by atoms with Crippen LogP contribution in [0.4, 0.5) is 10.5 Å². The van der Waals surface area contributed by atoms with E-state index in [1.54, 1.807) is 18.2 Å². The lowest BCUT2D eigenvalue weighted by atomic mass is 9.92. The van der Waals surface area contributed by atoms with E-state index in [0.717, 1.165) is 4.47 Å². The van der Waals surface area contributed by atoms with Crippen molar-refractivity contribution in [1.29, 1.82) is 0 Å². The highest BCUT2D eigenvalue weighted by molar-refractivity contribution is 9.10. The average Bonchev–Trinajstić information content (AvgIpc) is 2.88. The molecule has 1 atom stereocenters. The first-order valence-electron chi connectivity index (χ1n) is 7.61. The minimum absolute atomic E-state index is 0.0141. The second-order valence-electron chi connectivity index (χ2n) is 5.61. The molecular formula is C16H19BrN4O3. The van der Waals surface area contributed by atoms with Crippen LogP contribution in [0.15, 0.2) is 39.6 Å². The molecule has 7 nitrogen and oxygen atoms in total. The molecule has 3 N–H and O–H groups in total. The highest BCUT2D eigenvalue weighted by Gasteiger charge is 2.46. The molecule has 1 aromatic carbocycles. The molecule has 1 aromatic rings. The van der Waals surface area contributed by atoms with Crippen molar-refractivity contribution < 1.29 is 14.6 Å². The topological polar surface area (TPSA) is 86.2 Å². The molecule has 0 radical (unpaired) electrons. The van der Waals surface area contributed by atoms with Gasteiger partial charge in [-0.05, 0) is 24.3 Å². The van der Waals surface area contributed by atoms with Crippen molar-refractivity contribution in [2.75, 3.05) is 31.7 Å². The van der Waals surface area contributed by atoms with E-state index < -0.39 is 5.54 Å². The Kier molecular flexibility index (Phi) is 4.77. The average molecular weight is 395 g/mol. The van der Waals surface area contributed by atoms with E-state index in [1.165, 1.54) is 0 Å². The zero-order valence-electron chi connectivity index (χ0n) is 13.3. The number of ether oxygens (including phenoxy) is 1. The van der Waals surface area contributed by atoms with Crippen LogP contribution in [0, 0.1) is 0 Å². The number of halogens is 1. The van der Waals surface area contributed by atoms with Crippen molar-refractivity contribution in [2.24, 2.45) is 4.99 Å². The second kappa shape index (κ2) is 6.82. The third-order valence-electron chi connectivity index (χ3n) is 4.07. The molecule has 2 heterocycles. The fourth-order valence-corrected chi connectivity index (χ4v) is 3.34. The van der Waals surface area contributed by atoms with Crippen molar-refractivity contribution in [3.05, 3.63) is 34.6 Å². The molecule has 2 aliphatic rings. The maximum Gasteiger partial charge on any atom is 0.322 e. The van der Waals surface area contributed by atoms with E-state index in [9.17, 15) is 4.79 Å². The number of benzene rings is 1. The van der Waals surface area contributed by atoms with E-state index in [2.05, 4.69) is 31.6 Å². The van der Waals surface area contributed by atoms with Crippen molar-refractivity contribution in [3.63, 3.8) is 0 Å². The van der Waals surface area contributed by atoms with Gasteiger partial charge in [0.25, 0.3) is 0 Å². The lowest BCUT2D eigenvalue weighted by molar-refractivity contribution is 0.251. The van der Waals surface area contributed by atoms with Gasteiger partial charge in [-0.25, -0.2) is 9.79 Å². The first-order valence-corrected chi connectivity index (χ1v) is 8.41. The molecule has 0 aliphatic carbocycles. The molecule has 128 valence electrons. The lowest BCUT2D eigenvalue weighted by Gasteiger charge is -2.36. The van der Waals surface area contributed by atoms with Crippen molar-refractivity contribution in [1.82, 2.24) is 10.6 Å². The minimum atomic E-state index is -0.565. The smallest absolute Gasteiger partial charge is 0.322 e. The predicted octanol–water partition coefficient (Wildman–Crippen LogP) is 1.62. The standard InChI is InChI=1S/C16H19BrN4O3/c1-24-13-3-2-11(17)8-12(13)21-15(23)20-10-16(21)4-5-18-14(9-16)19-6-7-22/h2-3,5,8-9,19,22H,4,6-7,10H2,1H3,(H,20,23). The van der Waals surface area contributed by atoms with Gasteiger partial charge >= 0.3 is 6.03 Å². The van der Waals surface area contributed by atoms with Gasteiger partial charge in [0.15, 0.2) is 0 Å². The zero-order chi connectivity index (χ0) is 17.2. The van der Waals surface area contributed by atoms with Crippen LogP contribution in [0.3, 0.4) is 0 Å². The molecule has 1 saturated heterocycles. The Morgan fingerprint density at radius 1 is 1.54 bits per heavy atom. The Labute approximate surface area is 148 Å². The number of aliphatic imine (C=N–C) groups is 1. The monoisotopic (exact) mass is 394 g/mol. The number of amides is 2. The van der Waals surface area contributed by atoms with Gasteiger partial charge in [0.05, 0.1) is 24.9 Å². The quantitative estimate of drug-likeness (QED) is 0.708. The molecule has 1 unspecified atom stereocenters. The summed E-state index contributed by atoms with van der Waals surface area (Å²) >= 11 is 3.46. The number of nitrogens with zero attached hydrogens (tertiary/aromatic N) is 2. The minimum Gasteiger partial charge on any atom is -0.495 e. The second-order valence-corrected chi connectivity index (χ2v) is 6.53. The van der Waals surface area contributed by atoms with Crippen LogP contribution in [-0.4, -0.2) is 49.7 Å². The summed E-state index contributed by atoms with van der Waals surface area (Å²) in [6.07, 6.45) is 4.31. The number of aliphatic hydroxyl groups excluding tert-OH is 1. The molecule has 1 spiro atoms. The summed E-state index contributed by atoms with van der Waals surface area (Å²) in [7, 11) is 1.58. The summed E-state index contributed by atoms with van der Waals surface area (Å²) in [5.74, 6) is 1.26. The molecule has 8 heteroatoms. The van der Waals surface area contributed by atoms with Gasteiger partial charge in [-0.1, -0.05) is 15.9 Å². The Bertz CT molecular complexity index is 707. The maximum atomic E-state index is 12.6. The number of aliphatic hydroxyl groups is 1. The molecule has 3 rings (SSSR count). The predicted molar refractivity (Wildman–Crippen MR) is 95.6 cm³/mol. The van der Waals surface area contributed by atoms with Crippen LogP contribution in [-0.2, 0) is 0 Å². The van der Waals surface area contributed by atoms with Crippen LogP contribution in [0.1, 0.15) is 6.42 Å². The molecule has 24 heavy (non-hydrogen) atoms. The number of hydrogen-bond acceptors (Lipinski definition) is 5. The SMILES string of the molecule is COc1ccc(Br)cc1N1C(=O)NCC12C=C(NCCO)N=CC2. The summed E-state index contributed by atoms with van der Waals surface area (Å²) in [6.45, 7) is 0.888. The van der Waals surface area contributed by atoms with Gasteiger partial charge in [0, 0.05) is 30.2 Å². The number of rotatable bonds is 5. The van der Waals surface area contributed by atoms with Crippen LogP contribution in [0.25, 0.3) is 0 Å². The normalized spacial score (nSPS) is 22.5. The molecule has 0 aromatic heterocycles.